The predicted octanol–water partition coefficient (Wildman–Crippen LogP) is 11.7. The molecule has 0 bridgehead atoms. The van der Waals surface area contributed by atoms with E-state index in [0.717, 1.165) is 17.9 Å². The second kappa shape index (κ2) is 9.01. The van der Waals surface area contributed by atoms with Gasteiger partial charge in [-0.05, 0) is 105 Å². The molecule has 0 saturated heterocycles. The highest BCUT2D eigenvalue weighted by atomic mass is 79.9. The number of rotatable bonds is 2. The largest absolute Gasteiger partial charge is 0.0715 e. The van der Waals surface area contributed by atoms with Gasteiger partial charge in [0.25, 0.3) is 0 Å². The minimum atomic E-state index is -0.508. The summed E-state index contributed by atoms with van der Waals surface area (Å²) in [7, 11) is 0. The molecule has 5 aromatic carbocycles. The summed E-state index contributed by atoms with van der Waals surface area (Å²) >= 11 is 15.3. The average Bonchev–Trinajstić information content (AvgIpc) is 3.31. The fourth-order valence-corrected chi connectivity index (χ4v) is 9.74. The molecule has 39 heavy (non-hydrogen) atoms. The Kier molecular flexibility index (Phi) is 6.00. The molecular formula is C35H24Br4. The molecule has 5 aromatic rings. The van der Waals surface area contributed by atoms with Crippen LogP contribution in [0.4, 0.5) is 0 Å². The normalized spacial score (nSPS) is 15.5. The molecule has 2 aliphatic carbocycles. The zero-order valence-corrected chi connectivity index (χ0v) is 28.0. The lowest BCUT2D eigenvalue weighted by Gasteiger charge is -2.35. The Morgan fingerprint density at radius 2 is 1.00 bits per heavy atom. The first kappa shape index (κ1) is 26.0. The van der Waals surface area contributed by atoms with Crippen molar-refractivity contribution in [2.75, 3.05) is 0 Å². The quantitative estimate of drug-likeness (QED) is 0.165. The van der Waals surface area contributed by atoms with E-state index in [2.05, 4.69) is 175 Å². The zero-order chi connectivity index (χ0) is 27.3. The number of hydrogen-bond donors (Lipinski definition) is 0. The third-order valence-electron chi connectivity index (χ3n) is 8.67. The van der Waals surface area contributed by atoms with Gasteiger partial charge in [0, 0.05) is 23.3 Å². The van der Waals surface area contributed by atoms with Crippen LogP contribution < -0.4 is 0 Å². The van der Waals surface area contributed by atoms with Gasteiger partial charge in [-0.1, -0.05) is 132 Å². The molecule has 0 radical (unpaired) electrons. The Balaban J connectivity index is 1.73. The van der Waals surface area contributed by atoms with Crippen molar-refractivity contribution in [2.24, 2.45) is 0 Å². The van der Waals surface area contributed by atoms with Crippen molar-refractivity contribution in [2.45, 2.75) is 31.6 Å². The molecule has 0 spiro atoms. The van der Waals surface area contributed by atoms with Gasteiger partial charge < -0.3 is 0 Å². The molecule has 0 nitrogen and oxygen atoms in total. The molecule has 7 rings (SSSR count). The Labute approximate surface area is 263 Å². The summed E-state index contributed by atoms with van der Waals surface area (Å²) in [6.45, 7) is 6.99. The Morgan fingerprint density at radius 1 is 0.487 bits per heavy atom. The van der Waals surface area contributed by atoms with Gasteiger partial charge in [-0.25, -0.2) is 0 Å². The molecule has 0 N–H and O–H groups in total. The van der Waals surface area contributed by atoms with Crippen molar-refractivity contribution >= 4 is 63.7 Å². The first-order valence-electron chi connectivity index (χ1n) is 13.0. The summed E-state index contributed by atoms with van der Waals surface area (Å²) in [4.78, 5) is 0. The van der Waals surface area contributed by atoms with E-state index >= 15 is 0 Å². The minimum absolute atomic E-state index is 0.0628. The zero-order valence-electron chi connectivity index (χ0n) is 21.7. The van der Waals surface area contributed by atoms with Crippen LogP contribution in [0.1, 0.15) is 52.8 Å². The lowest BCUT2D eigenvalue weighted by molar-refractivity contribution is 0.659. The Hall–Kier alpha value is -1.98. The maximum atomic E-state index is 3.82. The summed E-state index contributed by atoms with van der Waals surface area (Å²) in [5, 5.41) is 0. The summed E-state index contributed by atoms with van der Waals surface area (Å²) in [6.07, 6.45) is 0. The molecule has 0 unspecified atom stereocenters. The van der Waals surface area contributed by atoms with Gasteiger partial charge in [-0.15, -0.1) is 0 Å². The fraction of sp³-hybridized carbons (Fsp3) is 0.143. The number of halogens is 4. The van der Waals surface area contributed by atoms with Gasteiger partial charge in [-0.3, -0.25) is 0 Å². The van der Waals surface area contributed by atoms with Crippen molar-refractivity contribution in [3.63, 3.8) is 0 Å². The van der Waals surface area contributed by atoms with Gasteiger partial charge >= 0.3 is 0 Å². The standard InChI is InChI=1S/C35H24Br4/c1-19-7-6-10-29-31(19)33-30(12-11-28-32(33)26-8-4-5-9-27(26)34(28,2)3)35(29,20-13-22(36)17-23(37)14-20)21-15-24(38)18-25(39)16-21/h4-18H,1-3H3. The number of fused-ring (bicyclic) bond motifs is 7. The van der Waals surface area contributed by atoms with Crippen LogP contribution in [-0.2, 0) is 10.8 Å². The summed E-state index contributed by atoms with van der Waals surface area (Å²) in [5.74, 6) is 0. The van der Waals surface area contributed by atoms with E-state index in [-0.39, 0.29) is 5.41 Å². The van der Waals surface area contributed by atoms with Crippen molar-refractivity contribution in [1.82, 2.24) is 0 Å². The maximum Gasteiger partial charge on any atom is 0.0715 e. The van der Waals surface area contributed by atoms with Gasteiger partial charge in [0.05, 0.1) is 5.41 Å². The molecule has 0 atom stereocenters. The van der Waals surface area contributed by atoms with Crippen LogP contribution in [0.5, 0.6) is 0 Å². The SMILES string of the molecule is Cc1cccc2c1-c1c(ccc3c1-c1ccccc1C3(C)C)C2(c1cc(Br)cc(Br)c1)c1cc(Br)cc(Br)c1. The van der Waals surface area contributed by atoms with Crippen LogP contribution in [0.25, 0.3) is 22.3 Å². The average molecular weight is 764 g/mol. The van der Waals surface area contributed by atoms with Crippen LogP contribution >= 0.6 is 63.7 Å². The van der Waals surface area contributed by atoms with Crippen LogP contribution in [0, 0.1) is 6.92 Å². The highest BCUT2D eigenvalue weighted by molar-refractivity contribution is 9.11. The van der Waals surface area contributed by atoms with E-state index in [1.807, 2.05) is 0 Å². The fourth-order valence-electron chi connectivity index (χ4n) is 7.15. The minimum Gasteiger partial charge on any atom is -0.0619 e. The van der Waals surface area contributed by atoms with E-state index in [0.29, 0.717) is 0 Å². The van der Waals surface area contributed by atoms with Crippen LogP contribution in [-0.4, -0.2) is 0 Å². The van der Waals surface area contributed by atoms with Crippen molar-refractivity contribution in [1.29, 1.82) is 0 Å². The van der Waals surface area contributed by atoms with Crippen molar-refractivity contribution < 1.29 is 0 Å². The molecule has 0 amide bonds. The third-order valence-corrected chi connectivity index (χ3v) is 10.5. The molecule has 4 heteroatoms. The van der Waals surface area contributed by atoms with Gasteiger partial charge in [-0.2, -0.15) is 0 Å². The monoisotopic (exact) mass is 760 g/mol. The number of aryl methyl sites for hydroxylation is 1. The van der Waals surface area contributed by atoms with E-state index in [1.54, 1.807) is 0 Å². The van der Waals surface area contributed by atoms with Gasteiger partial charge in [0.2, 0.25) is 0 Å². The van der Waals surface area contributed by atoms with E-state index in [1.165, 1.54) is 61.2 Å². The van der Waals surface area contributed by atoms with Crippen molar-refractivity contribution in [3.8, 4) is 22.3 Å². The van der Waals surface area contributed by atoms with Gasteiger partial charge in [0.1, 0.15) is 0 Å². The Morgan fingerprint density at radius 3 is 1.62 bits per heavy atom. The predicted molar refractivity (Wildman–Crippen MR) is 177 cm³/mol. The molecule has 0 saturated carbocycles. The summed E-state index contributed by atoms with van der Waals surface area (Å²) in [5.41, 5.74) is 14.1. The van der Waals surface area contributed by atoms with Gasteiger partial charge in [0.15, 0.2) is 0 Å². The smallest absolute Gasteiger partial charge is 0.0619 e. The maximum absolute atomic E-state index is 3.82. The number of benzene rings is 5. The van der Waals surface area contributed by atoms with E-state index < -0.39 is 5.41 Å². The molecule has 0 aliphatic heterocycles. The highest BCUT2D eigenvalue weighted by Gasteiger charge is 2.50. The molecule has 0 aromatic heterocycles. The first-order chi connectivity index (χ1) is 18.6. The third kappa shape index (κ3) is 3.57. The van der Waals surface area contributed by atoms with E-state index in [4.69, 9.17) is 0 Å². The van der Waals surface area contributed by atoms with Crippen molar-refractivity contribution in [3.05, 3.63) is 148 Å². The second-order valence-electron chi connectivity index (χ2n) is 11.1. The lowest BCUT2D eigenvalue weighted by atomic mass is 9.67. The molecule has 0 heterocycles. The Bertz CT molecular complexity index is 1750. The lowest BCUT2D eigenvalue weighted by Crippen LogP contribution is -2.29. The van der Waals surface area contributed by atoms with Crippen LogP contribution in [0.2, 0.25) is 0 Å². The molecule has 192 valence electrons. The first-order valence-corrected chi connectivity index (χ1v) is 16.1. The number of hydrogen-bond acceptors (Lipinski definition) is 0. The van der Waals surface area contributed by atoms with Crippen LogP contribution in [0.3, 0.4) is 0 Å². The van der Waals surface area contributed by atoms with Crippen LogP contribution in [0.15, 0.2) is 109 Å². The second-order valence-corrected chi connectivity index (χ2v) is 14.8. The highest BCUT2D eigenvalue weighted by Crippen LogP contribution is 2.63. The molecular weight excluding hydrogens is 740 g/mol. The summed E-state index contributed by atoms with van der Waals surface area (Å²) in [6, 6.07) is 34.0. The topological polar surface area (TPSA) is 0 Å². The summed E-state index contributed by atoms with van der Waals surface area (Å²) < 4.78 is 4.21. The van der Waals surface area contributed by atoms with E-state index in [9.17, 15) is 0 Å². The molecule has 0 fully saturated rings. The molecule has 2 aliphatic rings.